The second kappa shape index (κ2) is 8.83. The topological polar surface area (TPSA) is 92.8 Å². The second-order valence-corrected chi connectivity index (χ2v) is 7.99. The van der Waals surface area contributed by atoms with Crippen LogP contribution in [0.3, 0.4) is 0 Å². The van der Waals surface area contributed by atoms with Crippen LogP contribution in [0.5, 0.6) is 0 Å². The molecule has 1 heterocycles. The first-order chi connectivity index (χ1) is 12.3. The monoisotopic (exact) mass is 378 g/mol. The Bertz CT molecular complexity index is 813. The number of ether oxygens (including phenoxy) is 1. The maximum Gasteiger partial charge on any atom is 0.338 e. The summed E-state index contributed by atoms with van der Waals surface area (Å²) in [4.78, 5) is 25.9. The molecule has 1 aliphatic rings. The minimum Gasteiger partial charge on any atom is -0.452 e. The summed E-state index contributed by atoms with van der Waals surface area (Å²) in [6.45, 7) is 2.88. The van der Waals surface area contributed by atoms with Crippen LogP contribution >= 0.6 is 0 Å². The third-order valence-corrected chi connectivity index (χ3v) is 5.48. The average Bonchev–Trinajstić information content (AvgIpc) is 2.64. The summed E-state index contributed by atoms with van der Waals surface area (Å²) >= 11 is 0. The van der Waals surface area contributed by atoms with Gasteiger partial charge in [-0.15, -0.1) is 6.42 Å². The molecule has 0 bridgehead atoms. The van der Waals surface area contributed by atoms with Gasteiger partial charge < -0.3 is 9.64 Å². The average molecular weight is 378 g/mol. The Balaban J connectivity index is 1.98. The van der Waals surface area contributed by atoms with E-state index in [4.69, 9.17) is 11.2 Å². The summed E-state index contributed by atoms with van der Waals surface area (Å²) in [7, 11) is -3.81. The molecular formula is C18H22N2O5S. The highest BCUT2D eigenvalue weighted by atomic mass is 32.2. The zero-order valence-electron chi connectivity index (χ0n) is 14.6. The second-order valence-electron chi connectivity index (χ2n) is 6.22. The molecule has 0 radical (unpaired) electrons. The van der Waals surface area contributed by atoms with Crippen molar-refractivity contribution in [2.75, 3.05) is 26.2 Å². The minimum atomic E-state index is -3.81. The molecule has 1 N–H and O–H groups in total. The summed E-state index contributed by atoms with van der Waals surface area (Å²) < 4.78 is 31.4. The lowest BCUT2D eigenvalue weighted by Gasteiger charge is -2.30. The first-order valence-corrected chi connectivity index (χ1v) is 9.80. The number of rotatable bonds is 6. The molecule has 1 fully saturated rings. The van der Waals surface area contributed by atoms with Crippen molar-refractivity contribution < 1.29 is 22.7 Å². The van der Waals surface area contributed by atoms with E-state index in [0.717, 1.165) is 12.8 Å². The molecule has 1 aliphatic heterocycles. The van der Waals surface area contributed by atoms with Gasteiger partial charge in [-0.2, -0.15) is 4.72 Å². The van der Waals surface area contributed by atoms with Crippen molar-refractivity contribution in [3.8, 4) is 12.3 Å². The van der Waals surface area contributed by atoms with Crippen LogP contribution in [0.2, 0.25) is 0 Å². The van der Waals surface area contributed by atoms with Crippen molar-refractivity contribution in [3.05, 3.63) is 29.8 Å². The predicted molar refractivity (Wildman–Crippen MR) is 95.7 cm³/mol. The van der Waals surface area contributed by atoms with Crippen LogP contribution in [-0.4, -0.2) is 51.4 Å². The van der Waals surface area contributed by atoms with Crippen molar-refractivity contribution in [2.45, 2.75) is 24.7 Å². The van der Waals surface area contributed by atoms with Crippen molar-refractivity contribution in [3.63, 3.8) is 0 Å². The van der Waals surface area contributed by atoms with Gasteiger partial charge in [-0.3, -0.25) is 4.79 Å². The Labute approximate surface area is 153 Å². The molecular weight excluding hydrogens is 356 g/mol. The summed E-state index contributed by atoms with van der Waals surface area (Å²) in [6, 6.07) is 5.38. The number of nitrogens with one attached hydrogen (secondary N) is 1. The van der Waals surface area contributed by atoms with Crippen molar-refractivity contribution >= 4 is 21.9 Å². The molecule has 1 aromatic rings. The van der Waals surface area contributed by atoms with Gasteiger partial charge in [-0.05, 0) is 37.0 Å². The van der Waals surface area contributed by atoms with E-state index in [0.29, 0.717) is 19.0 Å². The van der Waals surface area contributed by atoms with Crippen molar-refractivity contribution in [1.82, 2.24) is 9.62 Å². The van der Waals surface area contributed by atoms with Crippen LogP contribution in [0.4, 0.5) is 0 Å². The molecule has 26 heavy (non-hydrogen) atoms. The molecule has 1 aromatic carbocycles. The van der Waals surface area contributed by atoms with Gasteiger partial charge in [0.15, 0.2) is 6.61 Å². The minimum absolute atomic E-state index is 0.0494. The molecule has 1 atom stereocenters. The van der Waals surface area contributed by atoms with E-state index in [1.807, 2.05) is 0 Å². The van der Waals surface area contributed by atoms with E-state index >= 15 is 0 Å². The molecule has 0 aromatic heterocycles. The highest BCUT2D eigenvalue weighted by molar-refractivity contribution is 7.89. The highest BCUT2D eigenvalue weighted by Gasteiger charge is 2.22. The zero-order valence-corrected chi connectivity index (χ0v) is 15.4. The quantitative estimate of drug-likeness (QED) is 0.589. The fraction of sp³-hybridized carbons (Fsp3) is 0.444. The number of sulfonamides is 1. The van der Waals surface area contributed by atoms with Crippen LogP contribution < -0.4 is 4.72 Å². The number of benzene rings is 1. The maximum atomic E-state index is 12.1. The van der Waals surface area contributed by atoms with E-state index in [1.54, 1.807) is 4.90 Å². The number of carbonyl (C=O) groups excluding carboxylic acids is 2. The number of carbonyl (C=O) groups is 2. The molecule has 2 rings (SSSR count). The van der Waals surface area contributed by atoms with Gasteiger partial charge in [0.05, 0.1) is 17.0 Å². The fourth-order valence-electron chi connectivity index (χ4n) is 2.73. The Morgan fingerprint density at radius 3 is 2.88 bits per heavy atom. The van der Waals surface area contributed by atoms with Crippen LogP contribution in [0, 0.1) is 18.3 Å². The van der Waals surface area contributed by atoms with Gasteiger partial charge in [0.2, 0.25) is 10.0 Å². The Hall–Kier alpha value is -2.37. The molecule has 1 unspecified atom stereocenters. The highest BCUT2D eigenvalue weighted by Crippen LogP contribution is 2.16. The standard InChI is InChI=1S/C18H22N2O5S/c1-3-9-19-26(23,24)16-8-4-7-15(11-16)18(22)25-13-17(21)20-10-5-6-14(2)12-20/h1,4,7-8,11,14,19H,5-6,9-10,12-13H2,2H3. The van der Waals surface area contributed by atoms with Gasteiger partial charge in [0.1, 0.15) is 0 Å². The molecule has 1 saturated heterocycles. The first kappa shape index (κ1) is 19.9. The van der Waals surface area contributed by atoms with Gasteiger partial charge >= 0.3 is 5.97 Å². The number of amides is 1. The normalized spacial score (nSPS) is 17.4. The maximum absolute atomic E-state index is 12.1. The molecule has 140 valence electrons. The van der Waals surface area contributed by atoms with Crippen LogP contribution in [-0.2, 0) is 19.6 Å². The van der Waals surface area contributed by atoms with E-state index in [1.165, 1.54) is 24.3 Å². The van der Waals surface area contributed by atoms with Crippen LogP contribution in [0.1, 0.15) is 30.1 Å². The number of likely N-dealkylation sites (tertiary alicyclic amines) is 1. The first-order valence-electron chi connectivity index (χ1n) is 8.31. The van der Waals surface area contributed by atoms with Gasteiger partial charge in [0.25, 0.3) is 5.91 Å². The number of terminal acetylenes is 1. The number of esters is 1. The number of hydrogen-bond acceptors (Lipinski definition) is 5. The largest absolute Gasteiger partial charge is 0.452 e. The van der Waals surface area contributed by atoms with Crippen LogP contribution in [0.25, 0.3) is 0 Å². The molecule has 1 amide bonds. The zero-order chi connectivity index (χ0) is 19.2. The molecule has 0 spiro atoms. The van der Waals surface area contributed by atoms with Crippen molar-refractivity contribution in [2.24, 2.45) is 5.92 Å². The van der Waals surface area contributed by atoms with E-state index in [-0.39, 0.29) is 29.5 Å². The Kier molecular flexibility index (Phi) is 6.77. The number of piperidine rings is 1. The number of nitrogens with zero attached hydrogens (tertiary/aromatic N) is 1. The Morgan fingerprint density at radius 2 is 2.19 bits per heavy atom. The summed E-state index contributed by atoms with van der Waals surface area (Å²) in [5, 5.41) is 0. The summed E-state index contributed by atoms with van der Waals surface area (Å²) in [5.41, 5.74) is 0.0494. The lowest BCUT2D eigenvalue weighted by Crippen LogP contribution is -2.41. The van der Waals surface area contributed by atoms with Gasteiger partial charge in [-0.25, -0.2) is 13.2 Å². The van der Waals surface area contributed by atoms with E-state index in [9.17, 15) is 18.0 Å². The SMILES string of the molecule is C#CCNS(=O)(=O)c1cccc(C(=O)OCC(=O)N2CCCC(C)C2)c1. The van der Waals surface area contributed by atoms with Crippen LogP contribution in [0.15, 0.2) is 29.2 Å². The van der Waals surface area contributed by atoms with E-state index in [2.05, 4.69) is 17.6 Å². The van der Waals surface area contributed by atoms with E-state index < -0.39 is 16.0 Å². The molecule has 0 aliphatic carbocycles. The van der Waals surface area contributed by atoms with Gasteiger partial charge in [0, 0.05) is 13.1 Å². The third kappa shape index (κ3) is 5.31. The molecule has 7 nitrogen and oxygen atoms in total. The summed E-state index contributed by atoms with van der Waals surface area (Å²) in [5.74, 6) is 1.61. The number of hydrogen-bond donors (Lipinski definition) is 1. The molecule has 0 saturated carbocycles. The third-order valence-electron chi connectivity index (χ3n) is 4.08. The molecule has 8 heteroatoms. The van der Waals surface area contributed by atoms with Gasteiger partial charge in [-0.1, -0.05) is 18.9 Å². The fourth-order valence-corrected chi connectivity index (χ4v) is 3.71. The summed E-state index contributed by atoms with van der Waals surface area (Å²) in [6.07, 6.45) is 7.06. The lowest BCUT2D eigenvalue weighted by molar-refractivity contribution is -0.136. The lowest BCUT2D eigenvalue weighted by atomic mass is 10.0. The smallest absolute Gasteiger partial charge is 0.338 e. The van der Waals surface area contributed by atoms with Crippen molar-refractivity contribution in [1.29, 1.82) is 0 Å². The predicted octanol–water partition coefficient (Wildman–Crippen LogP) is 1.01. The Morgan fingerprint density at radius 1 is 1.42 bits per heavy atom.